The Morgan fingerprint density at radius 2 is 1.67 bits per heavy atom. The number of anilines is 1. The molecule has 27 heavy (non-hydrogen) atoms. The van der Waals surface area contributed by atoms with E-state index >= 15 is 0 Å². The van der Waals surface area contributed by atoms with Crippen LogP contribution in [0.3, 0.4) is 0 Å². The number of carbonyl (C=O) groups excluding carboxylic acids is 3. The van der Waals surface area contributed by atoms with E-state index in [9.17, 15) is 14.4 Å². The number of hydrogen-bond acceptors (Lipinski definition) is 3. The summed E-state index contributed by atoms with van der Waals surface area (Å²) >= 11 is 0. The topological polar surface area (TPSA) is 78.5 Å². The minimum absolute atomic E-state index is 0.0197. The van der Waals surface area contributed by atoms with E-state index in [4.69, 9.17) is 0 Å². The molecule has 2 aromatic carbocycles. The van der Waals surface area contributed by atoms with Crippen LogP contribution in [-0.2, 0) is 22.7 Å². The SMILES string of the molecule is CCN(Cc1cccc(NC(=O)c2ccc(CNC(C)=O)cc2)c1)C(C)=O. The van der Waals surface area contributed by atoms with Crippen molar-refractivity contribution in [2.24, 2.45) is 0 Å². The van der Waals surface area contributed by atoms with Crippen molar-refractivity contribution in [3.63, 3.8) is 0 Å². The number of carbonyl (C=O) groups is 3. The normalized spacial score (nSPS) is 10.2. The van der Waals surface area contributed by atoms with E-state index in [0.717, 1.165) is 11.1 Å². The first-order chi connectivity index (χ1) is 12.9. The van der Waals surface area contributed by atoms with Gasteiger partial charge in [-0.2, -0.15) is 0 Å². The van der Waals surface area contributed by atoms with Gasteiger partial charge in [0.2, 0.25) is 11.8 Å². The van der Waals surface area contributed by atoms with Crippen molar-refractivity contribution in [3.8, 4) is 0 Å². The summed E-state index contributed by atoms with van der Waals surface area (Å²) in [6.45, 7) is 6.52. The quantitative estimate of drug-likeness (QED) is 0.790. The molecule has 0 radical (unpaired) electrons. The molecular weight excluding hydrogens is 342 g/mol. The largest absolute Gasteiger partial charge is 0.352 e. The Hall–Kier alpha value is -3.15. The number of rotatable bonds is 7. The Bertz CT molecular complexity index is 816. The van der Waals surface area contributed by atoms with Gasteiger partial charge in [0.15, 0.2) is 0 Å². The highest BCUT2D eigenvalue weighted by Gasteiger charge is 2.09. The van der Waals surface area contributed by atoms with E-state index in [1.807, 2.05) is 43.3 Å². The zero-order valence-corrected chi connectivity index (χ0v) is 15.9. The first kappa shape index (κ1) is 20.2. The first-order valence-corrected chi connectivity index (χ1v) is 8.88. The summed E-state index contributed by atoms with van der Waals surface area (Å²) in [5.74, 6) is -0.286. The fourth-order valence-corrected chi connectivity index (χ4v) is 2.62. The molecule has 0 fully saturated rings. The maximum atomic E-state index is 12.4. The van der Waals surface area contributed by atoms with Crippen molar-refractivity contribution in [3.05, 3.63) is 65.2 Å². The second-order valence-corrected chi connectivity index (χ2v) is 6.29. The molecule has 0 heterocycles. The summed E-state index contributed by atoms with van der Waals surface area (Å²) < 4.78 is 0. The van der Waals surface area contributed by atoms with Gasteiger partial charge in [-0.05, 0) is 42.3 Å². The van der Waals surface area contributed by atoms with Gasteiger partial charge in [0.25, 0.3) is 5.91 Å². The lowest BCUT2D eigenvalue weighted by atomic mass is 10.1. The van der Waals surface area contributed by atoms with Crippen molar-refractivity contribution in [2.75, 3.05) is 11.9 Å². The molecule has 6 heteroatoms. The van der Waals surface area contributed by atoms with E-state index in [1.165, 1.54) is 6.92 Å². The van der Waals surface area contributed by atoms with Gasteiger partial charge in [0, 0.05) is 44.7 Å². The molecule has 2 N–H and O–H groups in total. The maximum Gasteiger partial charge on any atom is 0.255 e. The molecule has 0 aliphatic rings. The van der Waals surface area contributed by atoms with Gasteiger partial charge in [0.05, 0.1) is 0 Å². The van der Waals surface area contributed by atoms with Crippen LogP contribution in [0.4, 0.5) is 5.69 Å². The molecule has 142 valence electrons. The lowest BCUT2D eigenvalue weighted by Gasteiger charge is -2.19. The van der Waals surface area contributed by atoms with Gasteiger partial charge >= 0.3 is 0 Å². The van der Waals surface area contributed by atoms with Crippen LogP contribution >= 0.6 is 0 Å². The lowest BCUT2D eigenvalue weighted by molar-refractivity contribution is -0.129. The second-order valence-electron chi connectivity index (χ2n) is 6.29. The van der Waals surface area contributed by atoms with Crippen LogP contribution in [0.1, 0.15) is 42.3 Å². The maximum absolute atomic E-state index is 12.4. The summed E-state index contributed by atoms with van der Waals surface area (Å²) in [6, 6.07) is 14.6. The van der Waals surface area contributed by atoms with Gasteiger partial charge in [-0.3, -0.25) is 14.4 Å². The van der Waals surface area contributed by atoms with Crippen LogP contribution < -0.4 is 10.6 Å². The Balaban J connectivity index is 2.02. The van der Waals surface area contributed by atoms with Gasteiger partial charge in [-0.15, -0.1) is 0 Å². The predicted octanol–water partition coefficient (Wildman–Crippen LogP) is 2.94. The standard InChI is InChI=1S/C21H25N3O3/c1-4-24(16(3)26)14-18-6-5-7-20(12-18)23-21(27)19-10-8-17(9-11-19)13-22-15(2)25/h5-12H,4,13-14H2,1-3H3,(H,22,25)(H,23,27). The van der Waals surface area contributed by atoms with E-state index < -0.39 is 0 Å². The Labute approximate surface area is 159 Å². The van der Waals surface area contributed by atoms with Gasteiger partial charge in [0.1, 0.15) is 0 Å². The Kier molecular flexibility index (Phi) is 7.11. The molecule has 0 aliphatic heterocycles. The van der Waals surface area contributed by atoms with E-state index in [-0.39, 0.29) is 17.7 Å². The molecule has 0 saturated carbocycles. The van der Waals surface area contributed by atoms with E-state index in [1.54, 1.807) is 24.0 Å². The fraction of sp³-hybridized carbons (Fsp3) is 0.286. The number of benzene rings is 2. The van der Waals surface area contributed by atoms with Crippen LogP contribution in [0.25, 0.3) is 0 Å². The number of amides is 3. The molecule has 2 aromatic rings. The van der Waals surface area contributed by atoms with Gasteiger partial charge in [-0.1, -0.05) is 24.3 Å². The van der Waals surface area contributed by atoms with Crippen LogP contribution in [0.2, 0.25) is 0 Å². The zero-order chi connectivity index (χ0) is 19.8. The predicted molar refractivity (Wildman–Crippen MR) is 105 cm³/mol. The molecule has 6 nitrogen and oxygen atoms in total. The average molecular weight is 367 g/mol. The minimum Gasteiger partial charge on any atom is -0.352 e. The molecule has 0 spiro atoms. The van der Waals surface area contributed by atoms with Crippen molar-refractivity contribution in [1.82, 2.24) is 10.2 Å². The molecule has 0 aliphatic carbocycles. The molecule has 3 amide bonds. The van der Waals surface area contributed by atoms with Crippen molar-refractivity contribution in [2.45, 2.75) is 33.9 Å². The summed E-state index contributed by atoms with van der Waals surface area (Å²) in [7, 11) is 0. The van der Waals surface area contributed by atoms with Crippen LogP contribution in [0.5, 0.6) is 0 Å². The van der Waals surface area contributed by atoms with Crippen LogP contribution in [0.15, 0.2) is 48.5 Å². The highest BCUT2D eigenvalue weighted by atomic mass is 16.2. The average Bonchev–Trinajstić information content (AvgIpc) is 2.64. The molecule has 0 aromatic heterocycles. The van der Waals surface area contributed by atoms with E-state index in [0.29, 0.717) is 30.9 Å². The van der Waals surface area contributed by atoms with Crippen LogP contribution in [0, 0.1) is 0 Å². The molecule has 0 unspecified atom stereocenters. The number of nitrogens with one attached hydrogen (secondary N) is 2. The van der Waals surface area contributed by atoms with Crippen LogP contribution in [-0.4, -0.2) is 29.2 Å². The number of hydrogen-bond donors (Lipinski definition) is 2. The molecule has 2 rings (SSSR count). The highest BCUT2D eigenvalue weighted by Crippen LogP contribution is 2.15. The van der Waals surface area contributed by atoms with Crippen molar-refractivity contribution < 1.29 is 14.4 Å². The summed E-state index contributed by atoms with van der Waals surface area (Å²) in [4.78, 5) is 36.7. The Morgan fingerprint density at radius 3 is 2.26 bits per heavy atom. The Morgan fingerprint density at radius 1 is 0.963 bits per heavy atom. The van der Waals surface area contributed by atoms with E-state index in [2.05, 4.69) is 10.6 Å². The fourth-order valence-electron chi connectivity index (χ4n) is 2.62. The molecule has 0 atom stereocenters. The first-order valence-electron chi connectivity index (χ1n) is 8.88. The molecule has 0 bridgehead atoms. The minimum atomic E-state index is -0.211. The summed E-state index contributed by atoms with van der Waals surface area (Å²) in [6.07, 6.45) is 0. The smallest absolute Gasteiger partial charge is 0.255 e. The lowest BCUT2D eigenvalue weighted by Crippen LogP contribution is -2.27. The highest BCUT2D eigenvalue weighted by molar-refractivity contribution is 6.04. The van der Waals surface area contributed by atoms with Crippen molar-refractivity contribution in [1.29, 1.82) is 0 Å². The third-order valence-electron chi connectivity index (χ3n) is 4.14. The number of nitrogens with zero attached hydrogens (tertiary/aromatic N) is 1. The van der Waals surface area contributed by atoms with Gasteiger partial charge < -0.3 is 15.5 Å². The van der Waals surface area contributed by atoms with Crippen molar-refractivity contribution >= 4 is 23.4 Å². The second kappa shape index (κ2) is 9.52. The summed E-state index contributed by atoms with van der Waals surface area (Å²) in [5.41, 5.74) is 3.09. The third-order valence-corrected chi connectivity index (χ3v) is 4.14. The zero-order valence-electron chi connectivity index (χ0n) is 15.9. The molecule has 0 saturated heterocycles. The monoisotopic (exact) mass is 367 g/mol. The summed E-state index contributed by atoms with van der Waals surface area (Å²) in [5, 5.41) is 5.59. The molecular formula is C21H25N3O3. The van der Waals surface area contributed by atoms with Gasteiger partial charge in [-0.25, -0.2) is 0 Å². The third kappa shape index (κ3) is 6.26.